The van der Waals surface area contributed by atoms with Gasteiger partial charge in [-0.2, -0.15) is 16.4 Å². The molecule has 0 bridgehead atoms. The Morgan fingerprint density at radius 3 is 3.00 bits per heavy atom. The number of nitrogens with two attached hydrogens (primary N) is 1. The number of carbonyl (C=O) groups excluding carboxylic acids is 1. The van der Waals surface area contributed by atoms with E-state index in [1.54, 1.807) is 47.4 Å². The fourth-order valence-corrected chi connectivity index (χ4v) is 2.37. The molecule has 0 radical (unpaired) electrons. The van der Waals surface area contributed by atoms with Crippen LogP contribution in [0.3, 0.4) is 0 Å². The van der Waals surface area contributed by atoms with Crippen molar-refractivity contribution in [1.29, 1.82) is 0 Å². The van der Waals surface area contributed by atoms with E-state index in [1.807, 2.05) is 16.8 Å². The molecule has 18 heavy (non-hydrogen) atoms. The van der Waals surface area contributed by atoms with Gasteiger partial charge in [0, 0.05) is 32.4 Å². The van der Waals surface area contributed by atoms with Crippen molar-refractivity contribution in [3.8, 4) is 0 Å². The molecular weight excluding hydrogens is 248 g/mol. The summed E-state index contributed by atoms with van der Waals surface area (Å²) < 4.78 is 1.64. The fourth-order valence-electron chi connectivity index (χ4n) is 1.72. The highest BCUT2D eigenvalue weighted by molar-refractivity contribution is 7.07. The molecule has 2 heterocycles. The first-order chi connectivity index (χ1) is 8.58. The molecular formula is C12H16N4OS. The van der Waals surface area contributed by atoms with Crippen molar-refractivity contribution in [3.05, 3.63) is 40.3 Å². The summed E-state index contributed by atoms with van der Waals surface area (Å²) in [6.45, 7) is 0.580. The van der Waals surface area contributed by atoms with Gasteiger partial charge in [-0.25, -0.2) is 0 Å². The Kier molecular flexibility index (Phi) is 3.78. The van der Waals surface area contributed by atoms with Crippen molar-refractivity contribution in [3.63, 3.8) is 0 Å². The van der Waals surface area contributed by atoms with E-state index >= 15 is 0 Å². The van der Waals surface area contributed by atoms with Gasteiger partial charge < -0.3 is 10.6 Å². The molecule has 2 aromatic rings. The number of nitrogens with zero attached hydrogens (tertiary/aromatic N) is 3. The van der Waals surface area contributed by atoms with Gasteiger partial charge in [-0.3, -0.25) is 9.48 Å². The number of aryl methyl sites for hydroxylation is 1. The Bertz CT molecular complexity index is 520. The van der Waals surface area contributed by atoms with Crippen LogP contribution >= 0.6 is 11.3 Å². The van der Waals surface area contributed by atoms with Crippen molar-refractivity contribution in [1.82, 2.24) is 14.7 Å². The molecule has 0 saturated heterocycles. The van der Waals surface area contributed by atoms with Gasteiger partial charge in [0.25, 0.3) is 0 Å². The number of carbonyl (C=O) groups is 1. The van der Waals surface area contributed by atoms with E-state index in [0.29, 0.717) is 6.54 Å². The van der Waals surface area contributed by atoms with Gasteiger partial charge in [-0.15, -0.1) is 0 Å². The van der Waals surface area contributed by atoms with Crippen LogP contribution in [0, 0.1) is 0 Å². The zero-order valence-corrected chi connectivity index (χ0v) is 11.2. The molecule has 2 rings (SSSR count). The van der Waals surface area contributed by atoms with Gasteiger partial charge >= 0.3 is 0 Å². The van der Waals surface area contributed by atoms with Crippen LogP contribution in [-0.2, 0) is 18.4 Å². The van der Waals surface area contributed by atoms with Crippen LogP contribution in [0.1, 0.15) is 17.2 Å². The Balaban J connectivity index is 2.02. The molecule has 96 valence electrons. The van der Waals surface area contributed by atoms with Gasteiger partial charge in [0.2, 0.25) is 5.91 Å². The maximum atomic E-state index is 12.1. The quantitative estimate of drug-likeness (QED) is 0.900. The number of likely N-dealkylation sites (N-methyl/N-ethyl adjacent to an activating group) is 1. The zero-order chi connectivity index (χ0) is 13.1. The van der Waals surface area contributed by atoms with Crippen LogP contribution < -0.4 is 5.73 Å². The Morgan fingerprint density at radius 1 is 1.67 bits per heavy atom. The van der Waals surface area contributed by atoms with E-state index in [2.05, 4.69) is 5.10 Å². The molecule has 1 amide bonds. The van der Waals surface area contributed by atoms with E-state index in [4.69, 9.17) is 5.73 Å². The zero-order valence-electron chi connectivity index (χ0n) is 10.4. The predicted octanol–water partition coefficient (Wildman–Crippen LogP) is 1.14. The van der Waals surface area contributed by atoms with E-state index < -0.39 is 6.04 Å². The minimum atomic E-state index is -0.651. The number of aromatic nitrogens is 2. The van der Waals surface area contributed by atoms with Crippen molar-refractivity contribution in [2.75, 3.05) is 7.05 Å². The van der Waals surface area contributed by atoms with Crippen molar-refractivity contribution < 1.29 is 4.79 Å². The van der Waals surface area contributed by atoms with E-state index in [9.17, 15) is 4.79 Å². The number of amides is 1. The van der Waals surface area contributed by atoms with Gasteiger partial charge in [0.15, 0.2) is 0 Å². The number of hydrogen-bond acceptors (Lipinski definition) is 4. The molecule has 1 unspecified atom stereocenters. The minimum absolute atomic E-state index is 0.103. The summed E-state index contributed by atoms with van der Waals surface area (Å²) in [5.74, 6) is -0.103. The summed E-state index contributed by atoms with van der Waals surface area (Å²) in [4.78, 5) is 13.8. The second kappa shape index (κ2) is 5.32. The summed E-state index contributed by atoms with van der Waals surface area (Å²) in [5.41, 5.74) is 7.80. The SMILES string of the molecule is CN(Cc1ccsc1)C(=O)C(N)c1cnn(C)c1. The topological polar surface area (TPSA) is 64.2 Å². The molecule has 5 nitrogen and oxygen atoms in total. The molecule has 0 fully saturated rings. The largest absolute Gasteiger partial charge is 0.340 e. The second-order valence-electron chi connectivity index (χ2n) is 4.25. The molecule has 0 spiro atoms. The van der Waals surface area contributed by atoms with Gasteiger partial charge in [-0.05, 0) is 22.4 Å². The number of thiophene rings is 1. The number of hydrogen-bond donors (Lipinski definition) is 1. The first-order valence-electron chi connectivity index (χ1n) is 5.58. The van der Waals surface area contributed by atoms with E-state index in [-0.39, 0.29) is 5.91 Å². The first kappa shape index (κ1) is 12.8. The molecule has 0 aliphatic carbocycles. The molecule has 2 N–H and O–H groups in total. The lowest BCUT2D eigenvalue weighted by atomic mass is 10.1. The van der Waals surface area contributed by atoms with Crippen LogP contribution in [0.5, 0.6) is 0 Å². The van der Waals surface area contributed by atoms with Crippen LogP contribution in [0.25, 0.3) is 0 Å². The number of rotatable bonds is 4. The Morgan fingerprint density at radius 2 is 2.44 bits per heavy atom. The van der Waals surface area contributed by atoms with Crippen molar-refractivity contribution in [2.45, 2.75) is 12.6 Å². The Labute approximate surface area is 110 Å². The average molecular weight is 264 g/mol. The van der Waals surface area contributed by atoms with Crippen LogP contribution in [-0.4, -0.2) is 27.6 Å². The molecule has 0 aromatic carbocycles. The lowest BCUT2D eigenvalue weighted by molar-refractivity contribution is -0.131. The van der Waals surface area contributed by atoms with Crippen LogP contribution in [0.2, 0.25) is 0 Å². The summed E-state index contributed by atoms with van der Waals surface area (Å²) in [6, 6.07) is 1.35. The van der Waals surface area contributed by atoms with Crippen LogP contribution in [0.15, 0.2) is 29.2 Å². The maximum absolute atomic E-state index is 12.1. The summed E-state index contributed by atoms with van der Waals surface area (Å²) in [5, 5.41) is 8.04. The fraction of sp³-hybridized carbons (Fsp3) is 0.333. The lowest BCUT2D eigenvalue weighted by Gasteiger charge is -2.20. The van der Waals surface area contributed by atoms with Crippen molar-refractivity contribution in [2.24, 2.45) is 12.8 Å². The first-order valence-corrected chi connectivity index (χ1v) is 6.52. The summed E-state index contributed by atoms with van der Waals surface area (Å²) >= 11 is 1.62. The average Bonchev–Trinajstić information content (AvgIpc) is 2.98. The van der Waals surface area contributed by atoms with Crippen molar-refractivity contribution >= 4 is 17.2 Å². The van der Waals surface area contributed by atoms with Gasteiger partial charge in [-0.1, -0.05) is 0 Å². The third kappa shape index (κ3) is 2.77. The highest BCUT2D eigenvalue weighted by Crippen LogP contribution is 2.14. The third-order valence-electron chi connectivity index (χ3n) is 2.73. The monoisotopic (exact) mass is 264 g/mol. The van der Waals surface area contributed by atoms with Gasteiger partial charge in [0.1, 0.15) is 6.04 Å². The Hall–Kier alpha value is -1.66. The smallest absolute Gasteiger partial charge is 0.244 e. The molecule has 0 aliphatic heterocycles. The molecule has 0 saturated carbocycles. The molecule has 6 heteroatoms. The van der Waals surface area contributed by atoms with E-state index in [1.165, 1.54) is 0 Å². The van der Waals surface area contributed by atoms with Crippen LogP contribution in [0.4, 0.5) is 0 Å². The van der Waals surface area contributed by atoms with Gasteiger partial charge in [0.05, 0.1) is 6.20 Å². The third-order valence-corrected chi connectivity index (χ3v) is 3.46. The van der Waals surface area contributed by atoms with E-state index in [0.717, 1.165) is 11.1 Å². The molecule has 0 aliphatic rings. The minimum Gasteiger partial charge on any atom is -0.340 e. The highest BCUT2D eigenvalue weighted by atomic mass is 32.1. The molecule has 1 atom stereocenters. The molecule has 2 aromatic heterocycles. The lowest BCUT2D eigenvalue weighted by Crippen LogP contribution is -2.35. The maximum Gasteiger partial charge on any atom is 0.244 e. The predicted molar refractivity (Wildman–Crippen MR) is 70.9 cm³/mol. The normalized spacial score (nSPS) is 12.4. The summed E-state index contributed by atoms with van der Waals surface area (Å²) in [7, 11) is 3.56. The summed E-state index contributed by atoms with van der Waals surface area (Å²) in [6.07, 6.45) is 3.39. The highest BCUT2D eigenvalue weighted by Gasteiger charge is 2.21. The standard InChI is InChI=1S/C12H16N4OS/c1-15(6-9-3-4-18-8-9)12(17)11(13)10-5-14-16(2)7-10/h3-5,7-8,11H,6,13H2,1-2H3. The second-order valence-corrected chi connectivity index (χ2v) is 5.03.